The minimum absolute atomic E-state index is 0.358. The molecular weight excluding hydrogens is 392 g/mol. The molecule has 0 saturated heterocycles. The Kier molecular flexibility index (Phi) is 7.16. The maximum atomic E-state index is 9.79. The molecule has 0 bridgehead atoms. The Morgan fingerprint density at radius 3 is 2.50 bits per heavy atom. The average Bonchev–Trinajstić information content (AvgIpc) is 2.78. The number of fused-ring (bicyclic) bond motifs is 1. The van der Waals surface area contributed by atoms with Crippen molar-refractivity contribution in [2.75, 3.05) is 26.0 Å². The topological polar surface area (TPSA) is 35.5 Å². The maximum absolute atomic E-state index is 9.79. The first-order valence-electron chi connectivity index (χ1n) is 11.9. The number of likely N-dealkylation sites (N-methyl/N-ethyl adjacent to an activating group) is 1. The number of nitrogens with one attached hydrogen (secondary N) is 1. The third-order valence-electron chi connectivity index (χ3n) is 6.63. The predicted molar refractivity (Wildman–Crippen MR) is 135 cm³/mol. The largest absolute Gasteiger partial charge is 0.508 e. The number of para-hydroxylation sites is 1. The molecule has 2 atom stereocenters. The molecule has 0 saturated carbocycles. The highest BCUT2D eigenvalue weighted by molar-refractivity contribution is 5.55. The molecule has 3 aromatic rings. The zero-order valence-corrected chi connectivity index (χ0v) is 19.6. The lowest BCUT2D eigenvalue weighted by atomic mass is 9.79. The van der Waals surface area contributed by atoms with Gasteiger partial charge in [-0.3, -0.25) is 0 Å². The van der Waals surface area contributed by atoms with E-state index in [2.05, 4.69) is 85.8 Å². The molecule has 0 amide bonds. The molecule has 1 aliphatic carbocycles. The van der Waals surface area contributed by atoms with Crippen LogP contribution in [0.3, 0.4) is 0 Å². The van der Waals surface area contributed by atoms with Gasteiger partial charge < -0.3 is 15.3 Å². The second-order valence-corrected chi connectivity index (χ2v) is 9.60. The molecule has 2 unspecified atom stereocenters. The summed E-state index contributed by atoms with van der Waals surface area (Å²) in [5, 5.41) is 13.6. The van der Waals surface area contributed by atoms with E-state index in [9.17, 15) is 5.11 Å². The molecular formula is C29H36N2O. The van der Waals surface area contributed by atoms with Crippen molar-refractivity contribution in [3.63, 3.8) is 0 Å². The van der Waals surface area contributed by atoms with E-state index in [1.54, 1.807) is 0 Å². The lowest BCUT2D eigenvalue weighted by molar-refractivity contribution is 0.413. The van der Waals surface area contributed by atoms with Gasteiger partial charge in [0.05, 0.1) is 0 Å². The number of hydrogen-bond donors (Lipinski definition) is 2. The number of aryl methyl sites for hydroxylation is 1. The van der Waals surface area contributed by atoms with E-state index >= 15 is 0 Å². The average molecular weight is 429 g/mol. The number of phenolic OH excluding ortho intramolecular Hbond substituents is 1. The summed E-state index contributed by atoms with van der Waals surface area (Å²) in [7, 11) is 4.24. The summed E-state index contributed by atoms with van der Waals surface area (Å²) in [4.78, 5) is 2.23. The van der Waals surface area contributed by atoms with Crippen molar-refractivity contribution in [1.29, 1.82) is 0 Å². The summed E-state index contributed by atoms with van der Waals surface area (Å²) in [5.74, 6) is 0.891. The smallest absolute Gasteiger partial charge is 0.115 e. The predicted octanol–water partition coefficient (Wildman–Crippen LogP) is 5.81. The monoisotopic (exact) mass is 428 g/mol. The van der Waals surface area contributed by atoms with Crippen LogP contribution in [-0.4, -0.2) is 36.7 Å². The van der Waals surface area contributed by atoms with Crippen LogP contribution in [0.4, 0.5) is 5.69 Å². The summed E-state index contributed by atoms with van der Waals surface area (Å²) in [6, 6.07) is 24.1. The molecule has 1 aliphatic rings. The molecule has 0 aromatic heterocycles. The lowest BCUT2D eigenvalue weighted by Crippen LogP contribution is -2.21. The number of anilines is 1. The van der Waals surface area contributed by atoms with Crippen LogP contribution in [0.5, 0.6) is 5.75 Å². The summed E-state index contributed by atoms with van der Waals surface area (Å²) in [6.07, 6.45) is 5.29. The Morgan fingerprint density at radius 2 is 1.72 bits per heavy atom. The number of nitrogens with zero attached hydrogens (tertiary/aromatic N) is 1. The lowest BCUT2D eigenvalue weighted by Gasteiger charge is -2.28. The van der Waals surface area contributed by atoms with Crippen LogP contribution in [0.2, 0.25) is 0 Å². The van der Waals surface area contributed by atoms with E-state index < -0.39 is 0 Å². The van der Waals surface area contributed by atoms with Gasteiger partial charge in [-0.15, -0.1) is 0 Å². The standard InChI is InChI=1S/C29H36N2O/c1-21(18-23-10-8-22(9-11-23)16-17-31(2)3)30-29-7-5-4-6-28(29)26-13-12-25-20-27(32)15-14-24(25)19-26/h4-11,14-15,20-21,26,30,32H,12-13,16-19H2,1-3H3. The molecule has 4 rings (SSSR count). The summed E-state index contributed by atoms with van der Waals surface area (Å²) < 4.78 is 0. The van der Waals surface area contributed by atoms with Gasteiger partial charge in [-0.05, 0) is 105 Å². The molecule has 3 aromatic carbocycles. The summed E-state index contributed by atoms with van der Waals surface area (Å²) >= 11 is 0. The van der Waals surface area contributed by atoms with Crippen molar-refractivity contribution in [3.8, 4) is 5.75 Å². The fourth-order valence-electron chi connectivity index (χ4n) is 4.86. The third kappa shape index (κ3) is 5.72. The Labute approximate surface area is 193 Å². The first-order chi connectivity index (χ1) is 15.5. The van der Waals surface area contributed by atoms with Gasteiger partial charge in [0.25, 0.3) is 0 Å². The van der Waals surface area contributed by atoms with E-state index in [0.29, 0.717) is 17.7 Å². The molecule has 0 radical (unpaired) electrons. The van der Waals surface area contributed by atoms with E-state index in [1.807, 2.05) is 12.1 Å². The van der Waals surface area contributed by atoms with Crippen LogP contribution in [0.1, 0.15) is 47.1 Å². The van der Waals surface area contributed by atoms with Crippen LogP contribution in [0, 0.1) is 0 Å². The number of hydrogen-bond acceptors (Lipinski definition) is 3. The van der Waals surface area contributed by atoms with Gasteiger partial charge in [-0.2, -0.15) is 0 Å². The first-order valence-corrected chi connectivity index (χ1v) is 11.9. The number of aromatic hydroxyl groups is 1. The molecule has 0 aliphatic heterocycles. The van der Waals surface area contributed by atoms with Crippen molar-refractivity contribution in [2.24, 2.45) is 0 Å². The van der Waals surface area contributed by atoms with Crippen molar-refractivity contribution in [2.45, 2.75) is 51.0 Å². The Morgan fingerprint density at radius 1 is 0.969 bits per heavy atom. The number of benzene rings is 3. The Hall–Kier alpha value is -2.78. The van der Waals surface area contributed by atoms with Gasteiger partial charge in [0.1, 0.15) is 5.75 Å². The maximum Gasteiger partial charge on any atom is 0.115 e. The van der Waals surface area contributed by atoms with Gasteiger partial charge in [0.2, 0.25) is 0 Å². The minimum Gasteiger partial charge on any atom is -0.508 e. The SMILES string of the molecule is CC(Cc1ccc(CCN(C)C)cc1)Nc1ccccc1C1CCc2cc(O)ccc2C1. The highest BCUT2D eigenvalue weighted by Gasteiger charge is 2.22. The van der Waals surface area contributed by atoms with Crippen molar-refractivity contribution >= 4 is 5.69 Å². The summed E-state index contributed by atoms with van der Waals surface area (Å²) in [5.41, 5.74) is 8.12. The van der Waals surface area contributed by atoms with Crippen LogP contribution >= 0.6 is 0 Å². The third-order valence-corrected chi connectivity index (χ3v) is 6.63. The highest BCUT2D eigenvalue weighted by Crippen LogP contribution is 2.37. The number of phenols is 1. The van der Waals surface area contributed by atoms with Gasteiger partial charge in [-0.1, -0.05) is 48.5 Å². The van der Waals surface area contributed by atoms with Crippen LogP contribution in [0.25, 0.3) is 0 Å². The zero-order chi connectivity index (χ0) is 22.5. The van der Waals surface area contributed by atoms with Gasteiger partial charge in [-0.25, -0.2) is 0 Å². The Bertz CT molecular complexity index is 1030. The van der Waals surface area contributed by atoms with Crippen molar-refractivity contribution in [1.82, 2.24) is 4.90 Å². The van der Waals surface area contributed by atoms with E-state index in [-0.39, 0.29) is 0 Å². The normalized spacial score (nSPS) is 16.6. The highest BCUT2D eigenvalue weighted by atomic mass is 16.3. The van der Waals surface area contributed by atoms with E-state index in [0.717, 1.165) is 38.6 Å². The molecule has 0 heterocycles. The molecule has 3 heteroatoms. The molecule has 32 heavy (non-hydrogen) atoms. The van der Waals surface area contributed by atoms with E-state index in [4.69, 9.17) is 0 Å². The minimum atomic E-state index is 0.358. The van der Waals surface area contributed by atoms with Crippen LogP contribution in [-0.2, 0) is 25.7 Å². The molecule has 0 fully saturated rings. The zero-order valence-electron chi connectivity index (χ0n) is 19.6. The second-order valence-electron chi connectivity index (χ2n) is 9.60. The number of rotatable bonds is 8. The first kappa shape index (κ1) is 22.4. The molecule has 2 N–H and O–H groups in total. The van der Waals surface area contributed by atoms with Crippen molar-refractivity contribution in [3.05, 3.63) is 94.5 Å². The fourth-order valence-corrected chi connectivity index (χ4v) is 4.86. The quantitative estimate of drug-likeness (QED) is 0.475. The van der Waals surface area contributed by atoms with Crippen molar-refractivity contribution < 1.29 is 5.11 Å². The second kappa shape index (κ2) is 10.2. The van der Waals surface area contributed by atoms with Gasteiger partial charge in [0, 0.05) is 18.3 Å². The van der Waals surface area contributed by atoms with Crippen LogP contribution in [0.15, 0.2) is 66.7 Å². The fraction of sp³-hybridized carbons (Fsp3) is 0.379. The molecule has 0 spiro atoms. The molecule has 168 valence electrons. The van der Waals surface area contributed by atoms with E-state index in [1.165, 1.54) is 33.5 Å². The van der Waals surface area contributed by atoms with Gasteiger partial charge >= 0.3 is 0 Å². The Balaban J connectivity index is 1.40. The molecule has 3 nitrogen and oxygen atoms in total. The summed E-state index contributed by atoms with van der Waals surface area (Å²) in [6.45, 7) is 3.36. The van der Waals surface area contributed by atoms with Gasteiger partial charge in [0.15, 0.2) is 0 Å². The van der Waals surface area contributed by atoms with Crippen LogP contribution < -0.4 is 5.32 Å².